The molecule has 0 spiro atoms. The van der Waals surface area contributed by atoms with Crippen molar-refractivity contribution in [3.05, 3.63) is 46.6 Å². The lowest BCUT2D eigenvalue weighted by atomic mass is 10.1. The van der Waals surface area contributed by atoms with Crippen molar-refractivity contribution < 1.29 is 19.4 Å². The number of phenolic OH excluding ortho intramolecular Hbond substituents is 1. The molecule has 1 unspecified atom stereocenters. The van der Waals surface area contributed by atoms with Crippen molar-refractivity contribution >= 4 is 21.9 Å². The number of benzene rings is 2. The van der Waals surface area contributed by atoms with Gasteiger partial charge >= 0.3 is 0 Å². The highest BCUT2D eigenvalue weighted by molar-refractivity contribution is 5.93. The Morgan fingerprint density at radius 2 is 1.60 bits per heavy atom. The molecule has 9 nitrogen and oxygen atoms in total. The summed E-state index contributed by atoms with van der Waals surface area (Å²) >= 11 is 0. The fourth-order valence-electron chi connectivity index (χ4n) is 3.80. The summed E-state index contributed by atoms with van der Waals surface area (Å²) in [5.74, 6) is 0.117. The molecule has 1 aromatic heterocycles. The number of unbranched alkanes of at least 4 members (excludes halogenated alkanes) is 1. The molecule has 1 heterocycles. The normalized spacial score (nSPS) is 12.4. The van der Waals surface area contributed by atoms with E-state index in [9.17, 15) is 15.0 Å². The Balaban J connectivity index is 1.31. The first kappa shape index (κ1) is 26.9. The summed E-state index contributed by atoms with van der Waals surface area (Å²) in [6.07, 6.45) is 3.57. The lowest BCUT2D eigenvalue weighted by Crippen LogP contribution is -2.33. The standard InChI is InChI=1S/C26H38N4O5/c27-9-5-12-28-10-3-4-11-29-13-6-14-30-17-19(31)18-34-20-15-22(32)25-24(16-20)35-23-8-2-1-7-21(23)26(25)33/h1-2,7-8,15-16,19,28-32H,3-6,9-14,17-18,27H2. The first-order valence-electron chi connectivity index (χ1n) is 12.4. The van der Waals surface area contributed by atoms with E-state index in [-0.39, 0.29) is 28.8 Å². The summed E-state index contributed by atoms with van der Waals surface area (Å²) in [6, 6.07) is 9.82. The number of nitrogens with one attached hydrogen (secondary N) is 3. The van der Waals surface area contributed by atoms with Crippen LogP contribution in [0.15, 0.2) is 45.6 Å². The summed E-state index contributed by atoms with van der Waals surface area (Å²) in [6.45, 7) is 5.93. The van der Waals surface area contributed by atoms with Crippen molar-refractivity contribution in [3.8, 4) is 11.5 Å². The highest BCUT2D eigenvalue weighted by atomic mass is 16.5. The van der Waals surface area contributed by atoms with E-state index < -0.39 is 6.10 Å². The van der Waals surface area contributed by atoms with Gasteiger partial charge in [-0.3, -0.25) is 4.79 Å². The maximum Gasteiger partial charge on any atom is 0.204 e. The number of hydrogen-bond acceptors (Lipinski definition) is 9. The molecule has 0 fully saturated rings. The lowest BCUT2D eigenvalue weighted by molar-refractivity contribution is 0.106. The van der Waals surface area contributed by atoms with Crippen LogP contribution in [-0.4, -0.2) is 68.7 Å². The monoisotopic (exact) mass is 486 g/mol. The minimum absolute atomic E-state index is 0.0489. The molecule has 0 aliphatic carbocycles. The van der Waals surface area contributed by atoms with Gasteiger partial charge in [0, 0.05) is 18.7 Å². The summed E-state index contributed by atoms with van der Waals surface area (Å²) in [5, 5.41) is 31.1. The molecule has 7 N–H and O–H groups in total. The second kappa shape index (κ2) is 14.7. The first-order valence-corrected chi connectivity index (χ1v) is 12.4. The van der Waals surface area contributed by atoms with Gasteiger partial charge < -0.3 is 41.1 Å². The Morgan fingerprint density at radius 3 is 2.37 bits per heavy atom. The number of para-hydroxylation sites is 1. The summed E-state index contributed by atoms with van der Waals surface area (Å²) in [7, 11) is 0. The molecule has 1 atom stereocenters. The number of rotatable bonds is 17. The van der Waals surface area contributed by atoms with E-state index in [0.717, 1.165) is 65.0 Å². The van der Waals surface area contributed by atoms with E-state index in [2.05, 4.69) is 16.0 Å². The van der Waals surface area contributed by atoms with Crippen molar-refractivity contribution in [2.45, 2.75) is 31.8 Å². The highest BCUT2D eigenvalue weighted by Crippen LogP contribution is 2.30. The Bertz CT molecular complexity index is 1100. The second-order valence-electron chi connectivity index (χ2n) is 8.61. The largest absolute Gasteiger partial charge is 0.507 e. The van der Waals surface area contributed by atoms with E-state index in [4.69, 9.17) is 14.9 Å². The van der Waals surface area contributed by atoms with Gasteiger partial charge in [0.15, 0.2) is 0 Å². The predicted octanol–water partition coefficient (Wildman–Crippen LogP) is 1.68. The Morgan fingerprint density at radius 1 is 0.914 bits per heavy atom. The zero-order chi connectivity index (χ0) is 24.9. The van der Waals surface area contributed by atoms with Crippen LogP contribution >= 0.6 is 0 Å². The van der Waals surface area contributed by atoms with E-state index in [1.54, 1.807) is 30.3 Å². The van der Waals surface area contributed by atoms with Crippen molar-refractivity contribution in [3.63, 3.8) is 0 Å². The summed E-state index contributed by atoms with van der Waals surface area (Å²) in [5.41, 5.74) is 5.85. The van der Waals surface area contributed by atoms with Gasteiger partial charge in [-0.15, -0.1) is 0 Å². The van der Waals surface area contributed by atoms with Crippen LogP contribution in [0.3, 0.4) is 0 Å². The second-order valence-corrected chi connectivity index (χ2v) is 8.61. The molecule has 9 heteroatoms. The highest BCUT2D eigenvalue weighted by Gasteiger charge is 2.14. The Kier molecular flexibility index (Phi) is 11.3. The third-order valence-electron chi connectivity index (χ3n) is 5.68. The minimum Gasteiger partial charge on any atom is -0.507 e. The van der Waals surface area contributed by atoms with E-state index >= 15 is 0 Å². The predicted molar refractivity (Wildman–Crippen MR) is 139 cm³/mol. The lowest BCUT2D eigenvalue weighted by Gasteiger charge is -2.14. The maximum absolute atomic E-state index is 12.7. The van der Waals surface area contributed by atoms with Crippen molar-refractivity contribution in [1.29, 1.82) is 0 Å². The molecule has 0 radical (unpaired) electrons. The van der Waals surface area contributed by atoms with Crippen LogP contribution in [0.4, 0.5) is 0 Å². The number of nitrogens with two attached hydrogens (primary N) is 1. The molecular formula is C26H38N4O5. The molecule has 35 heavy (non-hydrogen) atoms. The maximum atomic E-state index is 12.7. The molecule has 3 rings (SSSR count). The molecule has 0 aliphatic rings. The fraction of sp³-hybridized carbons (Fsp3) is 0.500. The number of fused-ring (bicyclic) bond motifs is 2. The zero-order valence-electron chi connectivity index (χ0n) is 20.2. The van der Waals surface area contributed by atoms with Gasteiger partial charge in [-0.1, -0.05) is 12.1 Å². The SMILES string of the molecule is NCCCNCCCCNCCCNCC(O)COc1cc(O)c2c(=O)c3ccccc3oc2c1. The number of hydrogen-bond donors (Lipinski definition) is 6. The Labute approximate surface area is 205 Å². The molecule has 0 saturated carbocycles. The number of aliphatic hydroxyl groups is 1. The van der Waals surface area contributed by atoms with Crippen LogP contribution in [-0.2, 0) is 0 Å². The van der Waals surface area contributed by atoms with Crippen LogP contribution in [0.5, 0.6) is 11.5 Å². The topological polar surface area (TPSA) is 142 Å². The fourth-order valence-corrected chi connectivity index (χ4v) is 3.80. The number of aliphatic hydroxyl groups excluding tert-OH is 1. The molecule has 0 saturated heterocycles. The van der Waals surface area contributed by atoms with Gasteiger partial charge in [0.1, 0.15) is 40.8 Å². The number of phenols is 1. The number of aromatic hydroxyl groups is 1. The van der Waals surface area contributed by atoms with Crippen LogP contribution < -0.4 is 31.8 Å². The smallest absolute Gasteiger partial charge is 0.204 e. The third-order valence-corrected chi connectivity index (χ3v) is 5.68. The van der Waals surface area contributed by atoms with E-state index in [0.29, 0.717) is 23.3 Å². The number of ether oxygens (including phenoxy) is 1. The van der Waals surface area contributed by atoms with Crippen LogP contribution in [0, 0.1) is 0 Å². The van der Waals surface area contributed by atoms with Crippen LogP contribution in [0.2, 0.25) is 0 Å². The van der Waals surface area contributed by atoms with Crippen molar-refractivity contribution in [2.75, 3.05) is 52.4 Å². The average Bonchev–Trinajstić information content (AvgIpc) is 2.85. The van der Waals surface area contributed by atoms with E-state index in [1.165, 1.54) is 6.07 Å². The van der Waals surface area contributed by atoms with Gasteiger partial charge in [0.25, 0.3) is 0 Å². The van der Waals surface area contributed by atoms with Gasteiger partial charge in [0.2, 0.25) is 5.43 Å². The molecule has 0 amide bonds. The van der Waals surface area contributed by atoms with Gasteiger partial charge in [-0.05, 0) is 77.1 Å². The molecule has 192 valence electrons. The Hall–Kier alpha value is -2.69. The molecular weight excluding hydrogens is 448 g/mol. The average molecular weight is 487 g/mol. The van der Waals surface area contributed by atoms with E-state index in [1.807, 2.05) is 0 Å². The zero-order valence-corrected chi connectivity index (χ0v) is 20.2. The van der Waals surface area contributed by atoms with Crippen LogP contribution in [0.1, 0.15) is 25.7 Å². The summed E-state index contributed by atoms with van der Waals surface area (Å²) < 4.78 is 11.4. The molecule has 0 bridgehead atoms. The van der Waals surface area contributed by atoms with Crippen molar-refractivity contribution in [1.82, 2.24) is 16.0 Å². The first-order chi connectivity index (χ1) is 17.1. The van der Waals surface area contributed by atoms with Gasteiger partial charge in [0.05, 0.1) is 5.39 Å². The third kappa shape index (κ3) is 8.48. The quantitative estimate of drug-likeness (QED) is 0.124. The minimum atomic E-state index is -0.712. The molecule has 2 aromatic carbocycles. The summed E-state index contributed by atoms with van der Waals surface area (Å²) in [4.78, 5) is 12.7. The molecule has 3 aromatic rings. The van der Waals surface area contributed by atoms with Crippen molar-refractivity contribution in [2.24, 2.45) is 5.73 Å². The molecule has 0 aliphatic heterocycles. The van der Waals surface area contributed by atoms with Gasteiger partial charge in [-0.2, -0.15) is 0 Å². The van der Waals surface area contributed by atoms with Crippen LogP contribution in [0.25, 0.3) is 21.9 Å². The van der Waals surface area contributed by atoms with Gasteiger partial charge in [-0.25, -0.2) is 0 Å².